The molecule has 17 heavy (non-hydrogen) atoms. The van der Waals surface area contributed by atoms with Gasteiger partial charge in [0.2, 0.25) is 0 Å². The fourth-order valence-electron chi connectivity index (χ4n) is 1.71. The summed E-state index contributed by atoms with van der Waals surface area (Å²) < 4.78 is 2.43. The molecule has 7 heteroatoms. The van der Waals surface area contributed by atoms with Crippen LogP contribution in [0.4, 0.5) is 0 Å². The maximum atomic E-state index is 12.1. The second kappa shape index (κ2) is 4.48. The molecule has 0 aliphatic rings. The van der Waals surface area contributed by atoms with Crippen LogP contribution in [0, 0.1) is 0 Å². The second-order valence-electron chi connectivity index (χ2n) is 3.76. The fourth-order valence-corrected chi connectivity index (χ4v) is 2.16. The lowest BCUT2D eigenvalue weighted by molar-refractivity contribution is 0.618. The van der Waals surface area contributed by atoms with E-state index in [-0.39, 0.29) is 5.56 Å². The number of halogens is 1. The first kappa shape index (κ1) is 12.1. The van der Waals surface area contributed by atoms with Gasteiger partial charge in [-0.25, -0.2) is 13.4 Å². The average molecular weight is 301 g/mol. The standard InChI is InChI=1S/C10H13BrN4O2/c1-3-5-14-9(16)7-8(15(11)10(14)17)13-6(4-2)12-7/h3-5H2,1-2H3,(H,12,13). The Bertz CT molecular complexity index is 667. The molecule has 1 N–H and O–H groups in total. The highest BCUT2D eigenvalue weighted by Crippen LogP contribution is 2.07. The van der Waals surface area contributed by atoms with E-state index in [2.05, 4.69) is 26.1 Å². The molecular weight excluding hydrogens is 288 g/mol. The molecule has 2 heterocycles. The molecule has 2 aromatic rings. The normalized spacial score (nSPS) is 11.2. The molecular formula is C10H13BrN4O2. The van der Waals surface area contributed by atoms with Crippen LogP contribution < -0.4 is 11.2 Å². The largest absolute Gasteiger partial charge is 0.343 e. The van der Waals surface area contributed by atoms with E-state index in [4.69, 9.17) is 0 Å². The highest BCUT2D eigenvalue weighted by atomic mass is 79.9. The number of hydrogen-bond acceptors (Lipinski definition) is 3. The molecule has 0 spiro atoms. The summed E-state index contributed by atoms with van der Waals surface area (Å²) in [6.45, 7) is 4.25. The van der Waals surface area contributed by atoms with Crippen molar-refractivity contribution in [2.45, 2.75) is 33.2 Å². The van der Waals surface area contributed by atoms with Crippen molar-refractivity contribution in [2.24, 2.45) is 0 Å². The average Bonchev–Trinajstić information content (AvgIpc) is 2.76. The lowest BCUT2D eigenvalue weighted by atomic mass is 10.4. The Balaban J connectivity index is 2.87. The number of aromatic amines is 1. The summed E-state index contributed by atoms with van der Waals surface area (Å²) >= 11 is 3.14. The third kappa shape index (κ3) is 1.84. The zero-order valence-corrected chi connectivity index (χ0v) is 11.2. The molecule has 0 atom stereocenters. The Morgan fingerprint density at radius 1 is 1.35 bits per heavy atom. The molecule has 0 amide bonds. The van der Waals surface area contributed by atoms with Crippen molar-refractivity contribution in [1.29, 1.82) is 0 Å². The van der Waals surface area contributed by atoms with Crippen LogP contribution in [-0.4, -0.2) is 18.1 Å². The van der Waals surface area contributed by atoms with Gasteiger partial charge in [-0.2, -0.15) is 0 Å². The number of H-pyrrole nitrogens is 1. The molecule has 0 bridgehead atoms. The van der Waals surface area contributed by atoms with E-state index >= 15 is 0 Å². The number of nitrogens with zero attached hydrogens (tertiary/aromatic N) is 3. The summed E-state index contributed by atoms with van der Waals surface area (Å²) in [6.07, 6.45) is 1.41. The van der Waals surface area contributed by atoms with E-state index in [9.17, 15) is 9.59 Å². The summed E-state index contributed by atoms with van der Waals surface area (Å²) in [5.74, 6) is 0.693. The van der Waals surface area contributed by atoms with Crippen molar-refractivity contribution in [2.75, 3.05) is 0 Å². The van der Waals surface area contributed by atoms with Gasteiger partial charge in [0.25, 0.3) is 5.56 Å². The first-order valence-electron chi connectivity index (χ1n) is 5.50. The maximum Gasteiger partial charge on any atom is 0.343 e. The predicted molar refractivity (Wildman–Crippen MR) is 68.6 cm³/mol. The Morgan fingerprint density at radius 2 is 2.06 bits per heavy atom. The Kier molecular flexibility index (Phi) is 3.19. The van der Waals surface area contributed by atoms with Gasteiger partial charge in [0.15, 0.2) is 11.2 Å². The predicted octanol–water partition coefficient (Wildman–Crippen LogP) is 1.02. The van der Waals surface area contributed by atoms with Crippen molar-refractivity contribution >= 4 is 27.3 Å². The van der Waals surface area contributed by atoms with Gasteiger partial charge in [-0.05, 0) is 6.42 Å². The van der Waals surface area contributed by atoms with Crippen molar-refractivity contribution in [3.05, 3.63) is 26.7 Å². The molecule has 0 saturated carbocycles. The van der Waals surface area contributed by atoms with Crippen LogP contribution in [0.5, 0.6) is 0 Å². The van der Waals surface area contributed by atoms with E-state index in [1.807, 2.05) is 13.8 Å². The molecule has 0 unspecified atom stereocenters. The highest BCUT2D eigenvalue weighted by Gasteiger charge is 2.14. The van der Waals surface area contributed by atoms with Gasteiger partial charge in [-0.3, -0.25) is 9.36 Å². The summed E-state index contributed by atoms with van der Waals surface area (Å²) in [4.78, 5) is 31.1. The summed E-state index contributed by atoms with van der Waals surface area (Å²) in [7, 11) is 0. The summed E-state index contributed by atoms with van der Waals surface area (Å²) in [5, 5.41) is 0. The zero-order chi connectivity index (χ0) is 12.6. The van der Waals surface area contributed by atoms with Gasteiger partial charge in [0.1, 0.15) is 5.82 Å². The minimum Gasteiger partial charge on any atom is -0.336 e. The topological polar surface area (TPSA) is 72.7 Å². The minimum absolute atomic E-state index is 0.310. The molecule has 0 aromatic carbocycles. The third-order valence-corrected chi connectivity index (χ3v) is 3.20. The Hall–Kier alpha value is -1.37. The number of rotatable bonds is 3. The van der Waals surface area contributed by atoms with Crippen LogP contribution in [0.3, 0.4) is 0 Å². The molecule has 0 saturated heterocycles. The van der Waals surface area contributed by atoms with Gasteiger partial charge >= 0.3 is 5.69 Å². The molecule has 2 aromatic heterocycles. The number of hydrogen-bond donors (Lipinski definition) is 1. The van der Waals surface area contributed by atoms with Gasteiger partial charge in [-0.1, -0.05) is 13.8 Å². The third-order valence-electron chi connectivity index (χ3n) is 2.56. The van der Waals surface area contributed by atoms with Crippen molar-refractivity contribution in [3.63, 3.8) is 0 Å². The van der Waals surface area contributed by atoms with Gasteiger partial charge in [-0.15, -0.1) is 0 Å². The van der Waals surface area contributed by atoms with Crippen LogP contribution in [0.1, 0.15) is 26.1 Å². The van der Waals surface area contributed by atoms with Crippen LogP contribution >= 0.6 is 16.1 Å². The lowest BCUT2D eigenvalue weighted by Crippen LogP contribution is -2.37. The van der Waals surface area contributed by atoms with Crippen molar-refractivity contribution in [1.82, 2.24) is 18.1 Å². The van der Waals surface area contributed by atoms with Crippen LogP contribution in [0.2, 0.25) is 0 Å². The van der Waals surface area contributed by atoms with E-state index in [0.717, 1.165) is 6.42 Å². The fraction of sp³-hybridized carbons (Fsp3) is 0.500. The monoisotopic (exact) mass is 300 g/mol. The summed E-state index contributed by atoms with van der Waals surface area (Å²) in [5.41, 5.74) is 0.0178. The lowest BCUT2D eigenvalue weighted by Gasteiger charge is -2.04. The van der Waals surface area contributed by atoms with E-state index in [1.165, 1.54) is 8.16 Å². The van der Waals surface area contributed by atoms with Gasteiger partial charge < -0.3 is 4.98 Å². The molecule has 92 valence electrons. The van der Waals surface area contributed by atoms with Gasteiger partial charge in [0, 0.05) is 13.0 Å². The Labute approximate surface area is 106 Å². The first-order chi connectivity index (χ1) is 8.10. The Morgan fingerprint density at radius 3 is 2.65 bits per heavy atom. The van der Waals surface area contributed by atoms with Crippen LogP contribution in [-0.2, 0) is 13.0 Å². The van der Waals surface area contributed by atoms with E-state index in [1.54, 1.807) is 0 Å². The van der Waals surface area contributed by atoms with Crippen LogP contribution in [0.25, 0.3) is 11.2 Å². The number of fused-ring (bicyclic) bond motifs is 1. The molecule has 0 radical (unpaired) electrons. The molecule has 0 aliphatic carbocycles. The molecule has 0 aliphatic heterocycles. The first-order valence-corrected chi connectivity index (χ1v) is 6.21. The van der Waals surface area contributed by atoms with Crippen molar-refractivity contribution < 1.29 is 0 Å². The summed E-state index contributed by atoms with van der Waals surface area (Å²) in [6, 6.07) is 0. The quantitative estimate of drug-likeness (QED) is 0.920. The van der Waals surface area contributed by atoms with E-state index in [0.29, 0.717) is 30.0 Å². The van der Waals surface area contributed by atoms with Gasteiger partial charge in [0.05, 0.1) is 16.1 Å². The maximum absolute atomic E-state index is 12.1. The number of aryl methyl sites for hydroxylation is 1. The minimum atomic E-state index is -0.390. The molecule has 0 fully saturated rings. The smallest absolute Gasteiger partial charge is 0.336 e. The second-order valence-corrected chi connectivity index (χ2v) is 4.47. The molecule has 6 nitrogen and oxygen atoms in total. The number of imidazole rings is 1. The number of nitrogens with one attached hydrogen (secondary N) is 1. The highest BCUT2D eigenvalue weighted by molar-refractivity contribution is 9.08. The molecule has 2 rings (SSSR count). The number of aromatic nitrogens is 4. The van der Waals surface area contributed by atoms with Crippen LogP contribution in [0.15, 0.2) is 9.59 Å². The SMILES string of the molecule is CCCn1c(=O)c2[nH]c(CC)nc2n(Br)c1=O. The zero-order valence-electron chi connectivity index (χ0n) is 9.66. The van der Waals surface area contributed by atoms with Crippen molar-refractivity contribution in [3.8, 4) is 0 Å². The van der Waals surface area contributed by atoms with E-state index < -0.39 is 5.69 Å².